The average Bonchev–Trinajstić information content (AvgIpc) is 3.10. The van der Waals surface area contributed by atoms with Gasteiger partial charge in [0.1, 0.15) is 0 Å². The van der Waals surface area contributed by atoms with Crippen molar-refractivity contribution in [3.8, 4) is 0 Å². The minimum atomic E-state index is 0.107. The molecule has 0 fully saturated rings. The van der Waals surface area contributed by atoms with Crippen molar-refractivity contribution in [1.82, 2.24) is 14.5 Å². The van der Waals surface area contributed by atoms with E-state index in [-0.39, 0.29) is 6.04 Å². The number of imidazole rings is 1. The molecule has 0 spiro atoms. The number of rotatable bonds is 3. The second kappa shape index (κ2) is 5.45. The zero-order valence-electron chi connectivity index (χ0n) is 12.0. The number of hydrogen-bond donors (Lipinski definition) is 0. The van der Waals surface area contributed by atoms with E-state index in [9.17, 15) is 0 Å². The van der Waals surface area contributed by atoms with Crippen LogP contribution in [0.5, 0.6) is 0 Å². The maximum Gasteiger partial charge on any atom is 0.0954 e. The summed E-state index contributed by atoms with van der Waals surface area (Å²) in [5.74, 6) is 0. The molecule has 0 aliphatic rings. The monoisotopic (exact) mass is 285 g/mol. The molecule has 4 rings (SSSR count). The normalized spacial score (nSPS) is 12.4. The first kappa shape index (κ1) is 12.8. The molecule has 0 N–H and O–H groups in total. The van der Waals surface area contributed by atoms with Crippen LogP contribution in [0.1, 0.15) is 17.2 Å². The highest BCUT2D eigenvalue weighted by Gasteiger charge is 2.16. The molecule has 1 atom stereocenters. The lowest BCUT2D eigenvalue weighted by Gasteiger charge is -2.20. The van der Waals surface area contributed by atoms with Crippen LogP contribution in [0.2, 0.25) is 0 Å². The van der Waals surface area contributed by atoms with Crippen LogP contribution in [0.3, 0.4) is 0 Å². The summed E-state index contributed by atoms with van der Waals surface area (Å²) in [5, 5.41) is 1.16. The Bertz CT molecular complexity index is 883. The number of nitrogens with zero attached hydrogens (tertiary/aromatic N) is 3. The quantitative estimate of drug-likeness (QED) is 0.568. The van der Waals surface area contributed by atoms with Gasteiger partial charge in [-0.1, -0.05) is 48.5 Å². The minimum Gasteiger partial charge on any atom is -0.326 e. The van der Waals surface area contributed by atoms with Gasteiger partial charge < -0.3 is 4.57 Å². The molecule has 0 aliphatic heterocycles. The van der Waals surface area contributed by atoms with Crippen molar-refractivity contribution < 1.29 is 0 Å². The van der Waals surface area contributed by atoms with Gasteiger partial charge in [0.05, 0.1) is 17.9 Å². The van der Waals surface area contributed by atoms with Crippen LogP contribution in [0, 0.1) is 0 Å². The van der Waals surface area contributed by atoms with Crippen molar-refractivity contribution in [1.29, 1.82) is 0 Å². The fourth-order valence-electron chi connectivity index (χ4n) is 2.85. The first-order valence-corrected chi connectivity index (χ1v) is 7.29. The lowest BCUT2D eigenvalue weighted by Crippen LogP contribution is -2.10. The van der Waals surface area contributed by atoms with Crippen molar-refractivity contribution in [3.63, 3.8) is 0 Å². The van der Waals surface area contributed by atoms with E-state index in [1.165, 1.54) is 11.1 Å². The first-order valence-electron chi connectivity index (χ1n) is 7.29. The summed E-state index contributed by atoms with van der Waals surface area (Å²) in [6.07, 6.45) is 7.51. The van der Waals surface area contributed by atoms with Gasteiger partial charge in [0.2, 0.25) is 0 Å². The van der Waals surface area contributed by atoms with Crippen LogP contribution < -0.4 is 0 Å². The number of benzene rings is 2. The molecule has 2 aromatic carbocycles. The van der Waals surface area contributed by atoms with Gasteiger partial charge in [0, 0.05) is 24.0 Å². The molecule has 106 valence electrons. The topological polar surface area (TPSA) is 30.7 Å². The summed E-state index contributed by atoms with van der Waals surface area (Å²) in [7, 11) is 0. The smallest absolute Gasteiger partial charge is 0.0954 e. The van der Waals surface area contributed by atoms with Gasteiger partial charge in [-0.2, -0.15) is 0 Å². The maximum atomic E-state index is 4.47. The first-order chi connectivity index (χ1) is 10.9. The van der Waals surface area contributed by atoms with E-state index in [0.29, 0.717) is 0 Å². The molecule has 2 aromatic heterocycles. The Kier molecular flexibility index (Phi) is 3.16. The van der Waals surface area contributed by atoms with Crippen LogP contribution in [0.4, 0.5) is 0 Å². The molecular weight excluding hydrogens is 270 g/mol. The summed E-state index contributed by atoms with van der Waals surface area (Å²) < 4.78 is 2.12. The molecule has 3 nitrogen and oxygen atoms in total. The summed E-state index contributed by atoms with van der Waals surface area (Å²) >= 11 is 0. The molecule has 0 saturated carbocycles. The van der Waals surface area contributed by atoms with Crippen molar-refractivity contribution in [2.24, 2.45) is 0 Å². The van der Waals surface area contributed by atoms with Crippen LogP contribution in [-0.4, -0.2) is 14.5 Å². The Balaban J connectivity index is 1.89. The van der Waals surface area contributed by atoms with Crippen molar-refractivity contribution in [2.75, 3.05) is 0 Å². The van der Waals surface area contributed by atoms with E-state index in [1.54, 1.807) is 0 Å². The maximum absolute atomic E-state index is 4.47. The van der Waals surface area contributed by atoms with Gasteiger partial charge in [-0.05, 0) is 23.3 Å². The highest BCUT2D eigenvalue weighted by atomic mass is 15.1. The van der Waals surface area contributed by atoms with Crippen LogP contribution in [0.15, 0.2) is 85.6 Å². The highest BCUT2D eigenvalue weighted by molar-refractivity contribution is 5.79. The fourth-order valence-corrected chi connectivity index (χ4v) is 2.85. The largest absolute Gasteiger partial charge is 0.326 e. The molecule has 0 aliphatic carbocycles. The predicted octanol–water partition coefficient (Wildman–Crippen LogP) is 4.07. The molecule has 3 heteroatoms. The van der Waals surface area contributed by atoms with Crippen molar-refractivity contribution >= 4 is 10.9 Å². The number of fused-ring (bicyclic) bond motifs is 1. The summed E-state index contributed by atoms with van der Waals surface area (Å²) in [6, 6.07) is 21.1. The number of aromatic nitrogens is 3. The second-order valence-electron chi connectivity index (χ2n) is 5.28. The zero-order valence-corrected chi connectivity index (χ0v) is 12.0. The van der Waals surface area contributed by atoms with Gasteiger partial charge in [0.25, 0.3) is 0 Å². The fraction of sp³-hybridized carbons (Fsp3) is 0.0526. The van der Waals surface area contributed by atoms with Crippen LogP contribution >= 0.6 is 0 Å². The third-order valence-corrected chi connectivity index (χ3v) is 3.88. The molecule has 1 unspecified atom stereocenters. The van der Waals surface area contributed by atoms with Gasteiger partial charge in [-0.3, -0.25) is 4.98 Å². The van der Waals surface area contributed by atoms with E-state index in [2.05, 4.69) is 63.1 Å². The standard InChI is InChI=1S/C19H15N3/c1-2-5-16(6-3-1)19(22-12-11-20-14-22)17-9-8-15-7-4-10-21-18(15)13-17/h1-14,19H. The summed E-state index contributed by atoms with van der Waals surface area (Å²) in [5.41, 5.74) is 3.45. The Morgan fingerprint density at radius 3 is 2.55 bits per heavy atom. The third kappa shape index (κ3) is 2.27. The van der Waals surface area contributed by atoms with Gasteiger partial charge in [0.15, 0.2) is 0 Å². The predicted molar refractivity (Wildman–Crippen MR) is 87.7 cm³/mol. The lowest BCUT2D eigenvalue weighted by atomic mass is 9.97. The lowest BCUT2D eigenvalue weighted by molar-refractivity contribution is 0.677. The Labute approximate surface area is 128 Å². The summed E-state index contributed by atoms with van der Waals surface area (Å²) in [4.78, 5) is 8.68. The van der Waals surface area contributed by atoms with Crippen molar-refractivity contribution in [3.05, 3.63) is 96.7 Å². The van der Waals surface area contributed by atoms with Crippen molar-refractivity contribution in [2.45, 2.75) is 6.04 Å². The molecule has 22 heavy (non-hydrogen) atoms. The van der Waals surface area contributed by atoms with Gasteiger partial charge in [-0.25, -0.2) is 4.98 Å². The van der Waals surface area contributed by atoms with E-state index in [4.69, 9.17) is 0 Å². The number of hydrogen-bond acceptors (Lipinski definition) is 2. The Morgan fingerprint density at radius 1 is 0.818 bits per heavy atom. The zero-order chi connectivity index (χ0) is 14.8. The number of pyridine rings is 1. The second-order valence-corrected chi connectivity index (χ2v) is 5.28. The summed E-state index contributed by atoms with van der Waals surface area (Å²) in [6.45, 7) is 0. The molecule has 0 amide bonds. The van der Waals surface area contributed by atoms with E-state index < -0.39 is 0 Å². The minimum absolute atomic E-state index is 0.107. The average molecular weight is 285 g/mol. The van der Waals surface area contributed by atoms with Crippen LogP contribution in [-0.2, 0) is 0 Å². The van der Waals surface area contributed by atoms with E-state index in [0.717, 1.165) is 10.9 Å². The van der Waals surface area contributed by atoms with E-state index >= 15 is 0 Å². The molecule has 2 heterocycles. The molecule has 0 bridgehead atoms. The van der Waals surface area contributed by atoms with E-state index in [1.807, 2.05) is 37.1 Å². The van der Waals surface area contributed by atoms with Crippen LogP contribution in [0.25, 0.3) is 10.9 Å². The SMILES string of the molecule is c1ccc(C(c2ccc3cccnc3c2)n2ccnc2)cc1. The Hall–Kier alpha value is -2.94. The molecule has 0 saturated heterocycles. The third-order valence-electron chi connectivity index (χ3n) is 3.88. The Morgan fingerprint density at radius 2 is 1.73 bits per heavy atom. The molecule has 0 radical (unpaired) electrons. The highest BCUT2D eigenvalue weighted by Crippen LogP contribution is 2.28. The van der Waals surface area contributed by atoms with Gasteiger partial charge >= 0.3 is 0 Å². The molecular formula is C19H15N3. The molecule has 4 aromatic rings. The van der Waals surface area contributed by atoms with Gasteiger partial charge in [-0.15, -0.1) is 0 Å².